The van der Waals surface area contributed by atoms with E-state index in [2.05, 4.69) is 15.2 Å². The third-order valence-electron chi connectivity index (χ3n) is 4.73. The Labute approximate surface area is 138 Å². The minimum Gasteiger partial charge on any atom is -0.334 e. The molecular weight excluding hydrogens is 310 g/mol. The number of fused-ring (bicyclic) bond motifs is 1. The molecule has 0 radical (unpaired) electrons. The Bertz CT molecular complexity index is 745. The lowest BCUT2D eigenvalue weighted by Crippen LogP contribution is -2.81. The highest BCUT2D eigenvalue weighted by molar-refractivity contribution is 5.97. The second-order valence-electron chi connectivity index (χ2n) is 6.01. The number of likely N-dealkylation sites (tertiary alicyclic amines) is 2. The van der Waals surface area contributed by atoms with Crippen molar-refractivity contribution in [1.29, 1.82) is 0 Å². The quantitative estimate of drug-likeness (QED) is 0.505. The maximum Gasteiger partial charge on any atom is 0.273 e. The van der Waals surface area contributed by atoms with E-state index < -0.39 is 5.91 Å². The highest BCUT2D eigenvalue weighted by atomic mass is 16.5. The van der Waals surface area contributed by atoms with Crippen LogP contribution in [0.15, 0.2) is 47.1 Å². The zero-order valence-electron chi connectivity index (χ0n) is 12.8. The lowest BCUT2D eigenvalue weighted by molar-refractivity contribution is -0.125. The average Bonchev–Trinajstić information content (AvgIpc) is 2.63. The summed E-state index contributed by atoms with van der Waals surface area (Å²) in [4.78, 5) is 32.1. The van der Waals surface area contributed by atoms with Crippen molar-refractivity contribution in [3.8, 4) is 0 Å². The molecule has 0 spiro atoms. The highest BCUT2D eigenvalue weighted by Gasteiger charge is 2.54. The molecule has 1 aromatic rings. The van der Waals surface area contributed by atoms with Crippen molar-refractivity contribution in [2.45, 2.75) is 12.1 Å². The molecule has 2 atom stereocenters. The lowest BCUT2D eigenvalue weighted by Gasteiger charge is -2.62. The van der Waals surface area contributed by atoms with E-state index in [9.17, 15) is 9.59 Å². The van der Waals surface area contributed by atoms with E-state index in [0.29, 0.717) is 23.6 Å². The third kappa shape index (κ3) is 2.23. The monoisotopic (exact) mass is 327 g/mol. The molecule has 4 rings (SSSR count). The lowest BCUT2D eigenvalue weighted by atomic mass is 9.85. The van der Waals surface area contributed by atoms with Gasteiger partial charge in [-0.3, -0.25) is 14.8 Å². The number of rotatable bonds is 2. The van der Waals surface area contributed by atoms with Gasteiger partial charge in [0.05, 0.1) is 24.2 Å². The number of carbonyl (C=O) groups excluding carboxylic acids is 2. The fourth-order valence-electron chi connectivity index (χ4n) is 3.26. The van der Waals surface area contributed by atoms with Crippen molar-refractivity contribution in [2.24, 2.45) is 4.99 Å². The van der Waals surface area contributed by atoms with Crippen molar-refractivity contribution >= 4 is 17.8 Å². The molecule has 1 aromatic carbocycles. The molecule has 2 saturated heterocycles. The molecule has 124 valence electrons. The summed E-state index contributed by atoms with van der Waals surface area (Å²) in [5.74, 6) is 0.212. The minimum absolute atomic E-state index is 0.0665. The van der Waals surface area contributed by atoms with Gasteiger partial charge in [-0.25, -0.2) is 10.5 Å². The molecule has 8 nitrogen and oxygen atoms in total. The number of nitrogens with one attached hydrogen (secondary N) is 2. The number of aliphatic imine (C=N–C) groups is 1. The van der Waals surface area contributed by atoms with Crippen molar-refractivity contribution < 1.29 is 14.8 Å². The van der Waals surface area contributed by atoms with Crippen LogP contribution >= 0.6 is 0 Å². The van der Waals surface area contributed by atoms with Crippen LogP contribution in [0.1, 0.15) is 10.4 Å². The Hall–Kier alpha value is -2.87. The van der Waals surface area contributed by atoms with Crippen LogP contribution in [-0.4, -0.2) is 64.5 Å². The zero-order chi connectivity index (χ0) is 16.7. The predicted molar refractivity (Wildman–Crippen MR) is 85.2 cm³/mol. The maximum atomic E-state index is 12.4. The molecule has 0 saturated carbocycles. The van der Waals surface area contributed by atoms with E-state index >= 15 is 0 Å². The van der Waals surface area contributed by atoms with Crippen LogP contribution in [0.5, 0.6) is 0 Å². The molecule has 2 amide bonds. The molecule has 1 unspecified atom stereocenters. The third-order valence-corrected chi connectivity index (χ3v) is 4.73. The molecule has 3 aliphatic rings. The van der Waals surface area contributed by atoms with Gasteiger partial charge >= 0.3 is 0 Å². The van der Waals surface area contributed by atoms with Crippen LogP contribution in [-0.2, 0) is 4.79 Å². The SMILES string of the molecule is O=C(NO)C1=CNC(N2C[C@@H]3C2CN3C(=O)c2ccccc2)=NC1. The molecule has 3 N–H and O–H groups in total. The normalized spacial score (nSPS) is 24.5. The first-order chi connectivity index (χ1) is 11.7. The van der Waals surface area contributed by atoms with Gasteiger partial charge in [-0.05, 0) is 12.1 Å². The summed E-state index contributed by atoms with van der Waals surface area (Å²) in [6.45, 7) is 1.62. The van der Waals surface area contributed by atoms with Gasteiger partial charge in [0.1, 0.15) is 0 Å². The molecule has 0 aromatic heterocycles. The fourth-order valence-corrected chi connectivity index (χ4v) is 3.26. The number of amides is 2. The number of benzene rings is 1. The van der Waals surface area contributed by atoms with E-state index in [-0.39, 0.29) is 24.5 Å². The van der Waals surface area contributed by atoms with Crippen LogP contribution in [0, 0.1) is 0 Å². The van der Waals surface area contributed by atoms with Crippen molar-refractivity contribution in [2.75, 3.05) is 19.6 Å². The summed E-state index contributed by atoms with van der Waals surface area (Å²) in [5.41, 5.74) is 2.67. The largest absolute Gasteiger partial charge is 0.334 e. The number of carbonyl (C=O) groups is 2. The van der Waals surface area contributed by atoms with E-state index in [1.54, 1.807) is 11.7 Å². The maximum absolute atomic E-state index is 12.4. The Kier molecular flexibility index (Phi) is 3.46. The highest BCUT2D eigenvalue weighted by Crippen LogP contribution is 2.34. The van der Waals surface area contributed by atoms with Crippen LogP contribution in [0.3, 0.4) is 0 Å². The fraction of sp³-hybridized carbons (Fsp3) is 0.312. The van der Waals surface area contributed by atoms with Gasteiger partial charge in [0.25, 0.3) is 11.8 Å². The van der Waals surface area contributed by atoms with Gasteiger partial charge in [0.2, 0.25) is 0 Å². The van der Waals surface area contributed by atoms with E-state index in [1.165, 1.54) is 0 Å². The first kappa shape index (κ1) is 14.7. The number of nitrogens with zero attached hydrogens (tertiary/aromatic N) is 3. The summed E-state index contributed by atoms with van der Waals surface area (Å²) in [7, 11) is 0. The van der Waals surface area contributed by atoms with Crippen LogP contribution in [0.4, 0.5) is 0 Å². The number of piperazine rings is 1. The minimum atomic E-state index is -0.560. The van der Waals surface area contributed by atoms with Crippen LogP contribution < -0.4 is 10.8 Å². The van der Waals surface area contributed by atoms with E-state index in [0.717, 1.165) is 6.54 Å². The van der Waals surface area contributed by atoms with Gasteiger partial charge in [-0.2, -0.15) is 0 Å². The van der Waals surface area contributed by atoms with Crippen molar-refractivity contribution in [1.82, 2.24) is 20.6 Å². The number of guanidine groups is 1. The standard InChI is InChI=1S/C16H17N5O3/c22-14(19-24)11-6-17-16(18-7-11)21-9-12-13(21)8-20(12)15(23)10-4-2-1-3-5-10/h1-6,12-13,24H,7-9H2,(H,17,18)(H,19,22)/t12-,13?/m1/s1. The van der Waals surface area contributed by atoms with Crippen LogP contribution in [0.2, 0.25) is 0 Å². The second-order valence-corrected chi connectivity index (χ2v) is 6.01. The Balaban J connectivity index is 1.34. The number of hydrogen-bond donors (Lipinski definition) is 3. The van der Waals surface area contributed by atoms with Crippen molar-refractivity contribution in [3.05, 3.63) is 47.7 Å². The Morgan fingerprint density at radius 2 is 2.00 bits per heavy atom. The molecule has 8 heteroatoms. The molecular formula is C16H17N5O3. The van der Waals surface area contributed by atoms with Crippen LogP contribution in [0.25, 0.3) is 0 Å². The molecule has 2 fully saturated rings. The summed E-state index contributed by atoms with van der Waals surface area (Å²) in [6, 6.07) is 9.77. The summed E-state index contributed by atoms with van der Waals surface area (Å²) in [5, 5.41) is 11.6. The average molecular weight is 327 g/mol. The topological polar surface area (TPSA) is 97.3 Å². The van der Waals surface area contributed by atoms with Gasteiger partial charge < -0.3 is 15.1 Å². The molecule has 3 heterocycles. The Morgan fingerprint density at radius 3 is 2.58 bits per heavy atom. The summed E-state index contributed by atoms with van der Waals surface area (Å²) >= 11 is 0. The first-order valence-electron chi connectivity index (χ1n) is 7.76. The zero-order valence-corrected chi connectivity index (χ0v) is 12.8. The molecule has 0 aliphatic carbocycles. The summed E-state index contributed by atoms with van der Waals surface area (Å²) in [6.07, 6.45) is 1.55. The second kappa shape index (κ2) is 5.64. The Morgan fingerprint density at radius 1 is 1.21 bits per heavy atom. The first-order valence-corrected chi connectivity index (χ1v) is 7.76. The predicted octanol–water partition coefficient (Wildman–Crippen LogP) is -0.456. The number of hydrogen-bond acceptors (Lipinski definition) is 6. The molecule has 3 aliphatic heterocycles. The van der Waals surface area contributed by atoms with Crippen molar-refractivity contribution in [3.63, 3.8) is 0 Å². The van der Waals surface area contributed by atoms with E-state index in [4.69, 9.17) is 5.21 Å². The van der Waals surface area contributed by atoms with Gasteiger partial charge in [0.15, 0.2) is 5.96 Å². The molecule has 24 heavy (non-hydrogen) atoms. The summed E-state index contributed by atoms with van der Waals surface area (Å²) < 4.78 is 0. The van der Waals surface area contributed by atoms with Gasteiger partial charge in [0, 0.05) is 24.9 Å². The number of hydroxylamine groups is 1. The van der Waals surface area contributed by atoms with Gasteiger partial charge in [-0.15, -0.1) is 0 Å². The van der Waals surface area contributed by atoms with Gasteiger partial charge in [-0.1, -0.05) is 18.2 Å². The molecule has 0 bridgehead atoms. The smallest absolute Gasteiger partial charge is 0.273 e. The van der Waals surface area contributed by atoms with E-state index in [1.807, 2.05) is 35.2 Å².